The number of hydrogen-bond donors (Lipinski definition) is 0. The van der Waals surface area contributed by atoms with Crippen LogP contribution in [0.5, 0.6) is 0 Å². The molecule has 0 bridgehead atoms. The molecular formula is C15H13Cl2N3. The summed E-state index contributed by atoms with van der Waals surface area (Å²) in [5.41, 5.74) is 3.70. The molecule has 0 saturated heterocycles. The second-order valence-corrected chi connectivity index (χ2v) is 5.31. The van der Waals surface area contributed by atoms with Gasteiger partial charge >= 0.3 is 0 Å². The standard InChI is InChI=1S/C15H13Cl2N3/c1-10-6-7-13-15(18-10)20(14(8-16)19-13)9-11-4-2-3-5-12(11)17/h2-7H,8-9H2,1H3. The van der Waals surface area contributed by atoms with Gasteiger partial charge in [0.25, 0.3) is 0 Å². The minimum Gasteiger partial charge on any atom is -0.307 e. The van der Waals surface area contributed by atoms with E-state index in [9.17, 15) is 0 Å². The minimum absolute atomic E-state index is 0.347. The fourth-order valence-electron chi connectivity index (χ4n) is 2.21. The number of aromatic nitrogens is 3. The number of pyridine rings is 1. The Labute approximate surface area is 127 Å². The van der Waals surface area contributed by atoms with E-state index in [-0.39, 0.29) is 0 Å². The summed E-state index contributed by atoms with van der Waals surface area (Å²) in [6.45, 7) is 2.58. The monoisotopic (exact) mass is 305 g/mol. The van der Waals surface area contributed by atoms with Crippen LogP contribution < -0.4 is 0 Å². The van der Waals surface area contributed by atoms with E-state index in [1.807, 2.05) is 47.9 Å². The number of nitrogens with zero attached hydrogens (tertiary/aromatic N) is 3. The van der Waals surface area contributed by atoms with Crippen molar-refractivity contribution in [3.63, 3.8) is 0 Å². The summed E-state index contributed by atoms with van der Waals surface area (Å²) in [4.78, 5) is 9.09. The van der Waals surface area contributed by atoms with Crippen LogP contribution in [0.1, 0.15) is 17.1 Å². The summed E-state index contributed by atoms with van der Waals surface area (Å²) in [5.74, 6) is 1.15. The molecule has 2 aromatic heterocycles. The molecule has 0 fully saturated rings. The minimum atomic E-state index is 0.347. The summed E-state index contributed by atoms with van der Waals surface area (Å²) in [7, 11) is 0. The van der Waals surface area contributed by atoms with Crippen LogP contribution in [-0.2, 0) is 12.4 Å². The van der Waals surface area contributed by atoms with Gasteiger partial charge in [0.1, 0.15) is 11.3 Å². The number of aryl methyl sites for hydroxylation is 1. The van der Waals surface area contributed by atoms with E-state index in [1.54, 1.807) is 0 Å². The van der Waals surface area contributed by atoms with Crippen molar-refractivity contribution in [2.75, 3.05) is 0 Å². The molecular weight excluding hydrogens is 293 g/mol. The summed E-state index contributed by atoms with van der Waals surface area (Å²) in [6.07, 6.45) is 0. The molecule has 102 valence electrons. The van der Waals surface area contributed by atoms with Gasteiger partial charge in [-0.3, -0.25) is 0 Å². The van der Waals surface area contributed by atoms with E-state index in [0.29, 0.717) is 12.4 Å². The predicted octanol–water partition coefficient (Wildman–Crippen LogP) is 4.18. The average molecular weight is 306 g/mol. The molecule has 0 unspecified atom stereocenters. The first-order chi connectivity index (χ1) is 9.69. The maximum Gasteiger partial charge on any atom is 0.160 e. The van der Waals surface area contributed by atoms with Crippen LogP contribution in [0, 0.1) is 6.92 Å². The van der Waals surface area contributed by atoms with Gasteiger partial charge in [-0.15, -0.1) is 11.6 Å². The molecule has 0 radical (unpaired) electrons. The van der Waals surface area contributed by atoms with E-state index in [0.717, 1.165) is 33.3 Å². The van der Waals surface area contributed by atoms with Gasteiger partial charge in [0, 0.05) is 10.7 Å². The molecule has 2 heterocycles. The average Bonchev–Trinajstić information content (AvgIpc) is 2.79. The Kier molecular flexibility index (Phi) is 3.64. The van der Waals surface area contributed by atoms with Crippen molar-refractivity contribution >= 4 is 34.4 Å². The fraction of sp³-hybridized carbons (Fsp3) is 0.200. The lowest BCUT2D eigenvalue weighted by molar-refractivity contribution is 0.769. The number of rotatable bonds is 3. The van der Waals surface area contributed by atoms with E-state index >= 15 is 0 Å². The number of imidazole rings is 1. The maximum atomic E-state index is 6.23. The Bertz CT molecular complexity index is 765. The summed E-state index contributed by atoms with van der Waals surface area (Å²) >= 11 is 12.2. The Morgan fingerprint density at radius 2 is 1.90 bits per heavy atom. The predicted molar refractivity (Wildman–Crippen MR) is 82.4 cm³/mol. The lowest BCUT2D eigenvalue weighted by Crippen LogP contribution is -2.05. The van der Waals surface area contributed by atoms with Gasteiger partial charge in [0.15, 0.2) is 5.65 Å². The molecule has 0 N–H and O–H groups in total. The molecule has 0 atom stereocenters. The summed E-state index contributed by atoms with van der Waals surface area (Å²) < 4.78 is 2.02. The Hall–Kier alpha value is -1.58. The van der Waals surface area contributed by atoms with Crippen LogP contribution in [0.15, 0.2) is 36.4 Å². The van der Waals surface area contributed by atoms with E-state index in [1.165, 1.54) is 0 Å². The van der Waals surface area contributed by atoms with Crippen molar-refractivity contribution in [3.8, 4) is 0 Å². The van der Waals surface area contributed by atoms with Crippen LogP contribution >= 0.6 is 23.2 Å². The van der Waals surface area contributed by atoms with Crippen LogP contribution in [0.4, 0.5) is 0 Å². The molecule has 20 heavy (non-hydrogen) atoms. The van der Waals surface area contributed by atoms with Crippen LogP contribution in [0.25, 0.3) is 11.2 Å². The number of alkyl halides is 1. The second kappa shape index (κ2) is 5.43. The SMILES string of the molecule is Cc1ccc2nc(CCl)n(Cc3ccccc3Cl)c2n1. The van der Waals surface area contributed by atoms with Gasteiger partial charge in [-0.2, -0.15) is 0 Å². The van der Waals surface area contributed by atoms with Crippen molar-refractivity contribution in [1.82, 2.24) is 14.5 Å². The zero-order chi connectivity index (χ0) is 14.1. The van der Waals surface area contributed by atoms with Crippen molar-refractivity contribution in [3.05, 3.63) is 58.5 Å². The molecule has 1 aromatic carbocycles. The molecule has 0 spiro atoms. The van der Waals surface area contributed by atoms with Gasteiger partial charge in [-0.1, -0.05) is 29.8 Å². The van der Waals surface area contributed by atoms with E-state index in [2.05, 4.69) is 9.97 Å². The fourth-order valence-corrected chi connectivity index (χ4v) is 2.61. The lowest BCUT2D eigenvalue weighted by atomic mass is 10.2. The molecule has 0 aliphatic heterocycles. The van der Waals surface area contributed by atoms with Crippen LogP contribution in [0.3, 0.4) is 0 Å². The number of halogens is 2. The largest absolute Gasteiger partial charge is 0.307 e. The van der Waals surface area contributed by atoms with E-state index < -0.39 is 0 Å². The van der Waals surface area contributed by atoms with Gasteiger partial charge in [0.05, 0.1) is 12.4 Å². The number of fused-ring (bicyclic) bond motifs is 1. The topological polar surface area (TPSA) is 30.7 Å². The first kappa shape index (κ1) is 13.4. The molecule has 3 rings (SSSR count). The Morgan fingerprint density at radius 3 is 2.65 bits per heavy atom. The highest BCUT2D eigenvalue weighted by Gasteiger charge is 2.12. The summed E-state index contributed by atoms with van der Waals surface area (Å²) in [5, 5.41) is 0.738. The third kappa shape index (κ3) is 2.39. The molecule has 5 heteroatoms. The first-order valence-electron chi connectivity index (χ1n) is 6.31. The third-order valence-electron chi connectivity index (χ3n) is 3.22. The third-order valence-corrected chi connectivity index (χ3v) is 3.82. The molecule has 3 aromatic rings. The van der Waals surface area contributed by atoms with Gasteiger partial charge < -0.3 is 4.57 Å². The molecule has 0 saturated carbocycles. The molecule has 0 aliphatic carbocycles. The van der Waals surface area contributed by atoms with Crippen molar-refractivity contribution in [1.29, 1.82) is 0 Å². The first-order valence-corrected chi connectivity index (χ1v) is 7.22. The number of hydrogen-bond acceptors (Lipinski definition) is 2. The zero-order valence-electron chi connectivity index (χ0n) is 11.0. The molecule has 0 amide bonds. The van der Waals surface area contributed by atoms with Gasteiger partial charge in [0.2, 0.25) is 0 Å². The number of benzene rings is 1. The van der Waals surface area contributed by atoms with Crippen molar-refractivity contribution in [2.45, 2.75) is 19.3 Å². The van der Waals surface area contributed by atoms with Gasteiger partial charge in [-0.25, -0.2) is 9.97 Å². The maximum absolute atomic E-state index is 6.23. The normalized spacial score (nSPS) is 11.2. The highest BCUT2D eigenvalue weighted by molar-refractivity contribution is 6.31. The van der Waals surface area contributed by atoms with Crippen molar-refractivity contribution in [2.24, 2.45) is 0 Å². The quantitative estimate of drug-likeness (QED) is 0.680. The van der Waals surface area contributed by atoms with Gasteiger partial charge in [-0.05, 0) is 30.7 Å². The van der Waals surface area contributed by atoms with Crippen LogP contribution in [-0.4, -0.2) is 14.5 Å². The Balaban J connectivity index is 2.14. The summed E-state index contributed by atoms with van der Waals surface area (Å²) in [6, 6.07) is 11.7. The molecule has 0 aliphatic rings. The lowest BCUT2D eigenvalue weighted by Gasteiger charge is -2.09. The molecule has 3 nitrogen and oxygen atoms in total. The highest BCUT2D eigenvalue weighted by Crippen LogP contribution is 2.21. The highest BCUT2D eigenvalue weighted by atomic mass is 35.5. The van der Waals surface area contributed by atoms with Crippen LogP contribution in [0.2, 0.25) is 5.02 Å². The Morgan fingerprint density at radius 1 is 1.10 bits per heavy atom. The zero-order valence-corrected chi connectivity index (χ0v) is 12.5. The van der Waals surface area contributed by atoms with Crippen molar-refractivity contribution < 1.29 is 0 Å². The van der Waals surface area contributed by atoms with E-state index in [4.69, 9.17) is 23.2 Å². The smallest absolute Gasteiger partial charge is 0.160 e. The second-order valence-electron chi connectivity index (χ2n) is 4.63.